The van der Waals surface area contributed by atoms with Gasteiger partial charge in [0.15, 0.2) is 0 Å². The zero-order valence-electron chi connectivity index (χ0n) is 20.7. The number of phenolic OH excluding ortho intramolecular Hbond substituents is 1. The first-order valence-corrected chi connectivity index (χ1v) is 12.5. The van der Waals surface area contributed by atoms with Crippen molar-refractivity contribution in [3.05, 3.63) is 95.1 Å². The number of amides is 1. The van der Waals surface area contributed by atoms with Crippen LogP contribution in [0.1, 0.15) is 29.5 Å². The summed E-state index contributed by atoms with van der Waals surface area (Å²) in [5.74, 6) is -1.12. The Balaban J connectivity index is 1.24. The number of aryl methyl sites for hydroxylation is 1. The van der Waals surface area contributed by atoms with Crippen molar-refractivity contribution in [2.75, 3.05) is 31.2 Å². The number of carbonyl (C=O) groups is 1. The smallest absolute Gasteiger partial charge is 0.241 e. The Kier molecular flexibility index (Phi) is 9.59. The van der Waals surface area contributed by atoms with Gasteiger partial charge >= 0.3 is 0 Å². The molecule has 1 saturated heterocycles. The van der Waals surface area contributed by atoms with Crippen LogP contribution < -0.4 is 10.2 Å². The standard InChI is InChI=1S/C29H32F2N2O4/c30-26-8-5-9-27(31)25(26)20-37-19-24-16-32-17-29(35)33(24)23-13-11-21(12-14-23)6-3-4-15-36-18-22-7-1-2-10-28(22)34/h1-2,5,7-14,24,32,34H,3-4,6,15-20H2/t24-/m1/s1. The lowest BCUT2D eigenvalue weighted by atomic mass is 10.1. The Labute approximate surface area is 215 Å². The topological polar surface area (TPSA) is 71.0 Å². The molecule has 1 fully saturated rings. The van der Waals surface area contributed by atoms with Crippen molar-refractivity contribution < 1.29 is 28.2 Å². The number of hydrogen-bond acceptors (Lipinski definition) is 5. The lowest BCUT2D eigenvalue weighted by molar-refractivity contribution is -0.119. The van der Waals surface area contributed by atoms with Crippen molar-refractivity contribution in [1.82, 2.24) is 5.32 Å². The van der Waals surface area contributed by atoms with E-state index >= 15 is 0 Å². The van der Waals surface area contributed by atoms with Crippen LogP contribution in [0.2, 0.25) is 0 Å². The van der Waals surface area contributed by atoms with E-state index in [1.54, 1.807) is 17.0 Å². The van der Waals surface area contributed by atoms with E-state index in [2.05, 4.69) is 5.32 Å². The van der Waals surface area contributed by atoms with E-state index in [4.69, 9.17) is 9.47 Å². The van der Waals surface area contributed by atoms with Gasteiger partial charge in [-0.05, 0) is 55.2 Å². The maximum atomic E-state index is 13.9. The van der Waals surface area contributed by atoms with Crippen molar-refractivity contribution in [2.24, 2.45) is 0 Å². The summed E-state index contributed by atoms with van der Waals surface area (Å²) in [6.07, 6.45) is 2.74. The number of nitrogens with one attached hydrogen (secondary N) is 1. The molecule has 2 N–H and O–H groups in total. The Bertz CT molecular complexity index is 1150. The summed E-state index contributed by atoms with van der Waals surface area (Å²) in [5, 5.41) is 12.9. The molecule has 0 aliphatic carbocycles. The average molecular weight is 511 g/mol. The molecular formula is C29H32F2N2O4. The molecule has 1 amide bonds. The number of unbranched alkanes of at least 4 members (excludes halogenated alkanes) is 1. The first-order valence-electron chi connectivity index (χ1n) is 12.5. The van der Waals surface area contributed by atoms with E-state index in [-0.39, 0.29) is 43.0 Å². The lowest BCUT2D eigenvalue weighted by Crippen LogP contribution is -2.57. The molecule has 0 spiro atoms. The summed E-state index contributed by atoms with van der Waals surface area (Å²) in [7, 11) is 0. The number of para-hydroxylation sites is 1. The van der Waals surface area contributed by atoms with Gasteiger partial charge in [0.25, 0.3) is 0 Å². The minimum absolute atomic E-state index is 0.0775. The van der Waals surface area contributed by atoms with Crippen LogP contribution in [0.15, 0.2) is 66.7 Å². The number of anilines is 1. The minimum atomic E-state index is -0.646. The van der Waals surface area contributed by atoms with Crippen LogP contribution in [0.3, 0.4) is 0 Å². The molecule has 196 valence electrons. The fraction of sp³-hybridized carbons (Fsp3) is 0.345. The predicted molar refractivity (Wildman–Crippen MR) is 137 cm³/mol. The highest BCUT2D eigenvalue weighted by atomic mass is 19.1. The van der Waals surface area contributed by atoms with E-state index < -0.39 is 11.6 Å². The molecule has 4 rings (SSSR count). The number of benzene rings is 3. The minimum Gasteiger partial charge on any atom is -0.508 e. The Morgan fingerprint density at radius 1 is 0.919 bits per heavy atom. The second kappa shape index (κ2) is 13.3. The Hall–Kier alpha value is -3.33. The molecule has 8 heteroatoms. The van der Waals surface area contributed by atoms with Crippen LogP contribution in [-0.4, -0.2) is 43.4 Å². The molecule has 1 atom stereocenters. The number of rotatable bonds is 12. The van der Waals surface area contributed by atoms with Crippen molar-refractivity contribution in [1.29, 1.82) is 0 Å². The number of aromatic hydroxyl groups is 1. The number of ether oxygens (including phenoxy) is 2. The van der Waals surface area contributed by atoms with Gasteiger partial charge in [0, 0.05) is 30.0 Å². The molecule has 0 unspecified atom stereocenters. The van der Waals surface area contributed by atoms with Gasteiger partial charge in [-0.2, -0.15) is 0 Å². The van der Waals surface area contributed by atoms with Crippen LogP contribution in [0, 0.1) is 11.6 Å². The Morgan fingerprint density at radius 3 is 2.43 bits per heavy atom. The molecule has 1 heterocycles. The number of hydrogen-bond donors (Lipinski definition) is 2. The largest absolute Gasteiger partial charge is 0.508 e. The SMILES string of the molecule is O=C1CNC[C@H](COCc2c(F)cccc2F)N1c1ccc(CCCCOCc2ccccc2O)cc1. The van der Waals surface area contributed by atoms with Gasteiger partial charge in [-0.1, -0.05) is 36.4 Å². The summed E-state index contributed by atoms with van der Waals surface area (Å²) in [6, 6.07) is 18.5. The molecule has 6 nitrogen and oxygen atoms in total. The zero-order valence-corrected chi connectivity index (χ0v) is 20.7. The van der Waals surface area contributed by atoms with Crippen molar-refractivity contribution in [2.45, 2.75) is 38.5 Å². The summed E-state index contributed by atoms with van der Waals surface area (Å²) in [5.41, 5.74) is 2.60. The van der Waals surface area contributed by atoms with E-state index in [9.17, 15) is 18.7 Å². The first kappa shape index (κ1) is 26.7. The van der Waals surface area contributed by atoms with E-state index in [0.29, 0.717) is 19.8 Å². The molecule has 0 saturated carbocycles. The average Bonchev–Trinajstić information content (AvgIpc) is 2.89. The van der Waals surface area contributed by atoms with Crippen LogP contribution in [0.5, 0.6) is 5.75 Å². The maximum absolute atomic E-state index is 13.9. The molecule has 3 aromatic carbocycles. The van der Waals surface area contributed by atoms with E-state index in [0.717, 1.165) is 36.1 Å². The van der Waals surface area contributed by atoms with Crippen LogP contribution in [0.4, 0.5) is 14.5 Å². The highest BCUT2D eigenvalue weighted by Gasteiger charge is 2.29. The summed E-state index contributed by atoms with van der Waals surface area (Å²) >= 11 is 0. The maximum Gasteiger partial charge on any atom is 0.241 e. The van der Waals surface area contributed by atoms with Crippen molar-refractivity contribution in [3.8, 4) is 5.75 Å². The number of halogens is 2. The number of nitrogens with zero attached hydrogens (tertiary/aromatic N) is 1. The van der Waals surface area contributed by atoms with Gasteiger partial charge in [0.1, 0.15) is 17.4 Å². The third kappa shape index (κ3) is 7.35. The third-order valence-corrected chi connectivity index (χ3v) is 6.38. The van der Waals surface area contributed by atoms with Gasteiger partial charge in [0.05, 0.1) is 32.4 Å². The van der Waals surface area contributed by atoms with Crippen molar-refractivity contribution in [3.63, 3.8) is 0 Å². The van der Waals surface area contributed by atoms with Crippen LogP contribution in [0.25, 0.3) is 0 Å². The Morgan fingerprint density at radius 2 is 1.68 bits per heavy atom. The summed E-state index contributed by atoms with van der Waals surface area (Å²) < 4.78 is 39.1. The predicted octanol–water partition coefficient (Wildman–Crippen LogP) is 4.73. The molecule has 1 aliphatic rings. The summed E-state index contributed by atoms with van der Waals surface area (Å²) in [4.78, 5) is 14.4. The fourth-order valence-corrected chi connectivity index (χ4v) is 4.35. The molecule has 0 bridgehead atoms. The monoisotopic (exact) mass is 510 g/mol. The van der Waals surface area contributed by atoms with Crippen LogP contribution in [-0.2, 0) is 33.9 Å². The van der Waals surface area contributed by atoms with Gasteiger partial charge in [0.2, 0.25) is 5.91 Å². The van der Waals surface area contributed by atoms with Gasteiger partial charge < -0.3 is 24.8 Å². The number of piperazine rings is 1. The van der Waals surface area contributed by atoms with Crippen LogP contribution >= 0.6 is 0 Å². The van der Waals surface area contributed by atoms with Gasteiger partial charge in [-0.15, -0.1) is 0 Å². The second-order valence-corrected chi connectivity index (χ2v) is 9.07. The molecule has 1 aliphatic heterocycles. The quantitative estimate of drug-likeness (QED) is 0.345. The molecule has 0 aromatic heterocycles. The number of carbonyl (C=O) groups excluding carboxylic acids is 1. The highest BCUT2D eigenvalue weighted by molar-refractivity contribution is 5.96. The normalized spacial score (nSPS) is 15.8. The molecule has 37 heavy (non-hydrogen) atoms. The molecular weight excluding hydrogens is 478 g/mol. The third-order valence-electron chi connectivity index (χ3n) is 6.38. The fourth-order valence-electron chi connectivity index (χ4n) is 4.35. The highest BCUT2D eigenvalue weighted by Crippen LogP contribution is 2.22. The van der Waals surface area contributed by atoms with Gasteiger partial charge in [-0.3, -0.25) is 4.79 Å². The molecule has 0 radical (unpaired) electrons. The van der Waals surface area contributed by atoms with E-state index in [1.807, 2.05) is 36.4 Å². The zero-order chi connectivity index (χ0) is 26.0. The van der Waals surface area contributed by atoms with Crippen molar-refractivity contribution >= 4 is 11.6 Å². The lowest BCUT2D eigenvalue weighted by Gasteiger charge is -2.36. The number of phenols is 1. The second-order valence-electron chi connectivity index (χ2n) is 9.07. The first-order chi connectivity index (χ1) is 18.0. The molecule has 3 aromatic rings. The summed E-state index contributed by atoms with van der Waals surface area (Å²) in [6.45, 7) is 1.69. The van der Waals surface area contributed by atoms with Gasteiger partial charge in [-0.25, -0.2) is 8.78 Å². The van der Waals surface area contributed by atoms with E-state index in [1.165, 1.54) is 18.2 Å².